The SMILES string of the molecule is Cn1ncc2c1c1ccccc1n2C(=O)c1cccnc1. The van der Waals surface area contributed by atoms with E-state index in [9.17, 15) is 4.79 Å². The van der Waals surface area contributed by atoms with Gasteiger partial charge in [-0.25, -0.2) is 0 Å². The minimum atomic E-state index is -0.0951. The normalized spacial score (nSPS) is 11.3. The number of nitrogens with zero attached hydrogens (tertiary/aromatic N) is 4. The summed E-state index contributed by atoms with van der Waals surface area (Å²) in [4.78, 5) is 16.9. The van der Waals surface area contributed by atoms with E-state index in [-0.39, 0.29) is 5.91 Å². The molecule has 0 N–H and O–H groups in total. The fourth-order valence-corrected chi connectivity index (χ4v) is 2.74. The first-order chi connectivity index (χ1) is 10.3. The Labute approximate surface area is 120 Å². The summed E-state index contributed by atoms with van der Waals surface area (Å²) in [5.74, 6) is -0.0951. The summed E-state index contributed by atoms with van der Waals surface area (Å²) >= 11 is 0. The summed E-state index contributed by atoms with van der Waals surface area (Å²) in [6, 6.07) is 11.4. The molecule has 0 aliphatic heterocycles. The first kappa shape index (κ1) is 11.8. The van der Waals surface area contributed by atoms with Crippen molar-refractivity contribution in [3.8, 4) is 0 Å². The molecule has 0 unspecified atom stereocenters. The summed E-state index contributed by atoms with van der Waals surface area (Å²) in [6.07, 6.45) is 4.97. The number of carbonyl (C=O) groups excluding carboxylic acids is 1. The van der Waals surface area contributed by atoms with E-state index in [4.69, 9.17) is 0 Å². The molecule has 0 aliphatic carbocycles. The van der Waals surface area contributed by atoms with Gasteiger partial charge in [-0.3, -0.25) is 19.0 Å². The number of aryl methyl sites for hydroxylation is 1. The summed E-state index contributed by atoms with van der Waals surface area (Å²) in [7, 11) is 1.88. The van der Waals surface area contributed by atoms with E-state index >= 15 is 0 Å². The number of pyridine rings is 1. The van der Waals surface area contributed by atoms with Crippen LogP contribution in [0.2, 0.25) is 0 Å². The lowest BCUT2D eigenvalue weighted by Crippen LogP contribution is -2.11. The summed E-state index contributed by atoms with van der Waals surface area (Å²) < 4.78 is 3.50. The molecule has 0 saturated carbocycles. The quantitative estimate of drug-likeness (QED) is 0.537. The van der Waals surface area contributed by atoms with Gasteiger partial charge in [0.2, 0.25) is 0 Å². The molecule has 1 aromatic carbocycles. The average molecular weight is 276 g/mol. The van der Waals surface area contributed by atoms with Gasteiger partial charge in [0, 0.05) is 24.8 Å². The molecule has 4 aromatic rings. The molecule has 0 radical (unpaired) electrons. The van der Waals surface area contributed by atoms with Gasteiger partial charge in [0.05, 0.1) is 28.3 Å². The molecule has 0 saturated heterocycles. The molecule has 0 fully saturated rings. The van der Waals surface area contributed by atoms with Gasteiger partial charge in [0.25, 0.3) is 5.91 Å². The van der Waals surface area contributed by atoms with E-state index in [1.165, 1.54) is 0 Å². The van der Waals surface area contributed by atoms with Gasteiger partial charge in [-0.15, -0.1) is 0 Å². The molecule has 4 rings (SSSR count). The maximum atomic E-state index is 12.8. The van der Waals surface area contributed by atoms with E-state index in [2.05, 4.69) is 10.1 Å². The molecule has 0 spiro atoms. The maximum absolute atomic E-state index is 12.8. The highest BCUT2D eigenvalue weighted by Gasteiger charge is 2.19. The van der Waals surface area contributed by atoms with Crippen LogP contribution in [0.3, 0.4) is 0 Å². The Morgan fingerprint density at radius 3 is 2.71 bits per heavy atom. The van der Waals surface area contributed by atoms with Crippen LogP contribution in [0, 0.1) is 0 Å². The van der Waals surface area contributed by atoms with E-state index in [1.807, 2.05) is 31.3 Å². The monoisotopic (exact) mass is 276 g/mol. The zero-order valence-corrected chi connectivity index (χ0v) is 11.4. The van der Waals surface area contributed by atoms with Crippen LogP contribution in [0.1, 0.15) is 10.4 Å². The average Bonchev–Trinajstić information content (AvgIpc) is 3.06. The lowest BCUT2D eigenvalue weighted by molar-refractivity contribution is 0.0969. The number of hydrogen-bond acceptors (Lipinski definition) is 3. The predicted molar refractivity (Wildman–Crippen MR) is 80.2 cm³/mol. The van der Waals surface area contributed by atoms with Crippen LogP contribution in [-0.4, -0.2) is 25.2 Å². The van der Waals surface area contributed by atoms with Gasteiger partial charge >= 0.3 is 0 Å². The molecular weight excluding hydrogens is 264 g/mol. The van der Waals surface area contributed by atoms with Crippen molar-refractivity contribution in [1.29, 1.82) is 0 Å². The second kappa shape index (κ2) is 4.28. The van der Waals surface area contributed by atoms with Crippen LogP contribution in [0.5, 0.6) is 0 Å². The van der Waals surface area contributed by atoms with E-state index in [0.29, 0.717) is 5.56 Å². The van der Waals surface area contributed by atoms with Crippen LogP contribution >= 0.6 is 0 Å². The van der Waals surface area contributed by atoms with Gasteiger partial charge in [-0.1, -0.05) is 18.2 Å². The molecule has 3 heterocycles. The Hall–Kier alpha value is -2.95. The minimum Gasteiger partial charge on any atom is -0.272 e. The van der Waals surface area contributed by atoms with Crippen molar-refractivity contribution in [3.63, 3.8) is 0 Å². The van der Waals surface area contributed by atoms with Crippen LogP contribution in [0.4, 0.5) is 0 Å². The Kier molecular flexibility index (Phi) is 2.41. The number of rotatable bonds is 1. The minimum absolute atomic E-state index is 0.0951. The van der Waals surface area contributed by atoms with Crippen LogP contribution < -0.4 is 0 Å². The Morgan fingerprint density at radius 1 is 1.05 bits per heavy atom. The van der Waals surface area contributed by atoms with Crippen LogP contribution in [-0.2, 0) is 7.05 Å². The fourth-order valence-electron chi connectivity index (χ4n) is 2.74. The summed E-state index contributed by atoms with van der Waals surface area (Å²) in [5, 5.41) is 5.29. The number of para-hydroxylation sites is 1. The van der Waals surface area contributed by atoms with Gasteiger partial charge in [0.1, 0.15) is 0 Å². The van der Waals surface area contributed by atoms with E-state index < -0.39 is 0 Å². The van der Waals surface area contributed by atoms with Crippen LogP contribution in [0.25, 0.3) is 21.9 Å². The van der Waals surface area contributed by atoms with Crippen LogP contribution in [0.15, 0.2) is 55.0 Å². The Balaban J connectivity index is 2.09. The molecule has 0 bridgehead atoms. The zero-order chi connectivity index (χ0) is 14.4. The van der Waals surface area contributed by atoms with Crippen molar-refractivity contribution in [2.75, 3.05) is 0 Å². The molecule has 0 atom stereocenters. The number of aromatic nitrogens is 4. The highest BCUT2D eigenvalue weighted by molar-refractivity contribution is 6.14. The molecule has 21 heavy (non-hydrogen) atoms. The zero-order valence-electron chi connectivity index (χ0n) is 11.4. The van der Waals surface area contributed by atoms with Crippen molar-refractivity contribution in [2.45, 2.75) is 0 Å². The fraction of sp³-hybridized carbons (Fsp3) is 0.0625. The van der Waals surface area contributed by atoms with Crippen molar-refractivity contribution >= 4 is 27.8 Å². The lowest BCUT2D eigenvalue weighted by Gasteiger charge is -2.04. The number of hydrogen-bond donors (Lipinski definition) is 0. The van der Waals surface area contributed by atoms with E-state index in [1.54, 1.807) is 40.0 Å². The third-order valence-corrected chi connectivity index (χ3v) is 3.67. The molecular formula is C16H12N4O. The summed E-state index contributed by atoms with van der Waals surface area (Å²) in [5.41, 5.74) is 3.22. The maximum Gasteiger partial charge on any atom is 0.264 e. The first-order valence-electron chi connectivity index (χ1n) is 6.63. The van der Waals surface area contributed by atoms with Crippen molar-refractivity contribution < 1.29 is 4.79 Å². The van der Waals surface area contributed by atoms with Crippen molar-refractivity contribution in [3.05, 3.63) is 60.6 Å². The first-order valence-corrected chi connectivity index (χ1v) is 6.63. The van der Waals surface area contributed by atoms with Gasteiger partial charge in [0.15, 0.2) is 0 Å². The standard InChI is InChI=1S/C16H12N4O/c1-19-15-12-6-2-3-7-13(12)20(14(15)10-18-19)16(21)11-5-4-8-17-9-11/h2-10H,1H3. The predicted octanol–water partition coefficient (Wildman–Crippen LogP) is 2.61. The second-order valence-corrected chi connectivity index (χ2v) is 4.90. The highest BCUT2D eigenvalue weighted by Crippen LogP contribution is 2.28. The molecule has 5 heteroatoms. The summed E-state index contributed by atoms with van der Waals surface area (Å²) in [6.45, 7) is 0. The Bertz CT molecular complexity index is 966. The third kappa shape index (κ3) is 1.61. The molecule has 0 aliphatic rings. The number of benzene rings is 1. The number of fused-ring (bicyclic) bond motifs is 3. The second-order valence-electron chi connectivity index (χ2n) is 4.90. The van der Waals surface area contributed by atoms with Crippen molar-refractivity contribution in [1.82, 2.24) is 19.3 Å². The van der Waals surface area contributed by atoms with Gasteiger partial charge in [-0.2, -0.15) is 5.10 Å². The topological polar surface area (TPSA) is 52.7 Å². The third-order valence-electron chi connectivity index (χ3n) is 3.67. The lowest BCUT2D eigenvalue weighted by atomic mass is 10.2. The highest BCUT2D eigenvalue weighted by atomic mass is 16.2. The molecule has 102 valence electrons. The van der Waals surface area contributed by atoms with Crippen molar-refractivity contribution in [2.24, 2.45) is 7.05 Å². The Morgan fingerprint density at radius 2 is 1.90 bits per heavy atom. The smallest absolute Gasteiger partial charge is 0.264 e. The number of carbonyl (C=O) groups is 1. The van der Waals surface area contributed by atoms with Gasteiger partial charge < -0.3 is 0 Å². The van der Waals surface area contributed by atoms with E-state index in [0.717, 1.165) is 21.9 Å². The molecule has 0 amide bonds. The molecule has 5 nitrogen and oxygen atoms in total. The van der Waals surface area contributed by atoms with Gasteiger partial charge in [-0.05, 0) is 18.2 Å². The molecule has 3 aromatic heterocycles. The largest absolute Gasteiger partial charge is 0.272 e.